The molecule has 6 rings (SSSR count). The van der Waals surface area contributed by atoms with Crippen LogP contribution in [-0.4, -0.2) is 99.3 Å². The second-order valence-corrected chi connectivity index (χ2v) is 14.6. The number of aliphatic hydroxyl groups excluding tert-OH is 1. The highest BCUT2D eigenvalue weighted by atomic mass is 32.2. The number of hydrogen-bond donors (Lipinski definition) is 2. The molecule has 1 fully saturated rings. The number of β-amino-alcohol motifs (C(OH)–C–C–N with tert-alkyl or cyclic N) is 1. The number of likely N-dealkylation sites (tertiary alicyclic amines) is 1. The van der Waals surface area contributed by atoms with Crippen LogP contribution in [0.5, 0.6) is 0 Å². The predicted molar refractivity (Wildman–Crippen MR) is 198 cm³/mol. The van der Waals surface area contributed by atoms with Gasteiger partial charge in [-0.1, -0.05) is 42.5 Å². The van der Waals surface area contributed by atoms with Gasteiger partial charge in [0, 0.05) is 71.3 Å². The summed E-state index contributed by atoms with van der Waals surface area (Å²) in [5.41, 5.74) is 3.05. The van der Waals surface area contributed by atoms with Crippen LogP contribution in [0.15, 0.2) is 77.8 Å². The molecule has 16 heteroatoms. The summed E-state index contributed by atoms with van der Waals surface area (Å²) in [5, 5.41) is 18.7. The Balaban J connectivity index is 1.18. The summed E-state index contributed by atoms with van der Waals surface area (Å²) in [6, 6.07) is 18.7. The van der Waals surface area contributed by atoms with Crippen molar-refractivity contribution in [2.45, 2.75) is 62.1 Å². The normalized spacial score (nSPS) is 15.6. The minimum Gasteiger partial charge on any atom is -0.462 e. The van der Waals surface area contributed by atoms with Crippen molar-refractivity contribution in [2.24, 2.45) is 0 Å². The number of nitrogens with zero attached hydrogens (tertiary/aromatic N) is 5. The lowest BCUT2D eigenvalue weighted by Crippen LogP contribution is -2.42. The fraction of sp³-hybridized carbons (Fsp3) is 0.410. The first-order valence-electron chi connectivity index (χ1n) is 18.1. The van der Waals surface area contributed by atoms with Gasteiger partial charge in [-0.25, -0.2) is 9.59 Å². The van der Waals surface area contributed by atoms with Crippen molar-refractivity contribution >= 4 is 29.7 Å². The number of pyridine rings is 1. The minimum absolute atomic E-state index is 0.0196. The van der Waals surface area contributed by atoms with Crippen molar-refractivity contribution in [3.63, 3.8) is 0 Å². The van der Waals surface area contributed by atoms with Gasteiger partial charge in [0.1, 0.15) is 6.61 Å². The van der Waals surface area contributed by atoms with E-state index in [4.69, 9.17) is 9.84 Å². The molecule has 0 saturated carbocycles. The molecule has 1 atom stereocenters. The molecule has 0 spiro atoms. The molecule has 2 amide bonds. The summed E-state index contributed by atoms with van der Waals surface area (Å²) in [6.45, 7) is 2.40. The molecular weight excluding hydrogens is 738 g/mol. The Morgan fingerprint density at radius 1 is 1.02 bits per heavy atom. The number of carbonyl (C=O) groups is 3. The highest BCUT2D eigenvalue weighted by Crippen LogP contribution is 2.40. The van der Waals surface area contributed by atoms with Gasteiger partial charge in [-0.15, -0.1) is 11.8 Å². The van der Waals surface area contributed by atoms with Crippen LogP contribution < -0.4 is 5.32 Å². The van der Waals surface area contributed by atoms with Crippen LogP contribution in [-0.2, 0) is 51.4 Å². The molecule has 2 N–H and O–H groups in total. The molecule has 2 aliphatic heterocycles. The van der Waals surface area contributed by atoms with E-state index in [-0.39, 0.29) is 43.4 Å². The maximum Gasteiger partial charge on any atom is 0.417 e. The van der Waals surface area contributed by atoms with E-state index in [0.717, 1.165) is 67.8 Å². The number of aliphatic hydroxyl groups is 1. The molecule has 0 aliphatic carbocycles. The molecule has 2 aromatic carbocycles. The number of thioether (sulfide) groups is 1. The summed E-state index contributed by atoms with van der Waals surface area (Å²) in [7, 11) is 1.12. The summed E-state index contributed by atoms with van der Waals surface area (Å²) in [5.74, 6) is -1.38. The number of methoxy groups -OCH3 is 1. The fourth-order valence-electron chi connectivity index (χ4n) is 6.96. The molecule has 1 unspecified atom stereocenters. The van der Waals surface area contributed by atoms with E-state index in [1.165, 1.54) is 17.0 Å². The molecule has 4 heterocycles. The number of amides is 2. The van der Waals surface area contributed by atoms with Gasteiger partial charge in [0.25, 0.3) is 0 Å². The fourth-order valence-corrected chi connectivity index (χ4v) is 7.93. The number of alkyl carbamates (subject to hydrolysis) is 1. The zero-order valence-electron chi connectivity index (χ0n) is 30.3. The molecule has 0 bridgehead atoms. The quantitative estimate of drug-likeness (QED) is 0.0846. The number of benzene rings is 2. The van der Waals surface area contributed by atoms with Crippen molar-refractivity contribution in [2.75, 3.05) is 45.6 Å². The van der Waals surface area contributed by atoms with Gasteiger partial charge in [0.2, 0.25) is 0 Å². The topological polar surface area (TPSA) is 139 Å². The summed E-state index contributed by atoms with van der Waals surface area (Å²) < 4.78 is 54.1. The van der Waals surface area contributed by atoms with Crippen LogP contribution >= 0.6 is 11.8 Å². The summed E-state index contributed by atoms with van der Waals surface area (Å²) >= 11 is 0.924. The van der Waals surface area contributed by atoms with Gasteiger partial charge in [-0.3, -0.25) is 14.5 Å². The van der Waals surface area contributed by atoms with Gasteiger partial charge >= 0.3 is 24.1 Å². The number of rotatable bonds is 12. The number of ether oxygens (including phenoxy) is 2. The van der Waals surface area contributed by atoms with Gasteiger partial charge in [-0.2, -0.15) is 18.3 Å². The third-order valence-corrected chi connectivity index (χ3v) is 10.8. The maximum atomic E-state index is 14.2. The third kappa shape index (κ3) is 10.2. The Morgan fingerprint density at radius 3 is 2.49 bits per heavy atom. The molecule has 292 valence electrons. The van der Waals surface area contributed by atoms with E-state index in [0.29, 0.717) is 35.7 Å². The van der Waals surface area contributed by atoms with E-state index in [9.17, 15) is 32.7 Å². The number of nitrogens with one attached hydrogen (secondary N) is 1. The van der Waals surface area contributed by atoms with Crippen LogP contribution in [0.1, 0.15) is 46.8 Å². The van der Waals surface area contributed by atoms with Crippen LogP contribution in [0.25, 0.3) is 11.3 Å². The second-order valence-electron chi connectivity index (χ2n) is 13.5. The van der Waals surface area contributed by atoms with Crippen molar-refractivity contribution in [3.05, 3.63) is 101 Å². The molecule has 2 aliphatic rings. The number of halogens is 3. The van der Waals surface area contributed by atoms with Crippen molar-refractivity contribution in [1.82, 2.24) is 29.9 Å². The SMILES string of the molecule is COC(=O)C(=O)N1CCc2c(c(-c3ccc(C(F)(F)F)c(SCCNC(=O)OCc4ccccc4)c3)nn2CC(O)CN2CCC(c3ccccn3)CC2)C1. The van der Waals surface area contributed by atoms with Gasteiger partial charge < -0.3 is 29.7 Å². The standard InChI is InChI=1S/C39H43F3N6O6S/c1-53-37(51)36(50)47-19-14-33-30(24-47)35(45-48(33)23-29(49)22-46-17-12-27(13-18-46)32-9-5-6-15-43-32)28-10-11-31(39(40,41)42)34(21-28)55-20-16-44-38(52)54-25-26-7-3-2-4-8-26/h2-11,15,21,27,29,49H,12-14,16-20,22-25H2,1H3,(H,44,52). The number of carbonyl (C=O) groups excluding carboxylic acids is 3. The highest BCUT2D eigenvalue weighted by Gasteiger charge is 2.36. The number of esters is 1. The lowest BCUT2D eigenvalue weighted by Gasteiger charge is -2.33. The lowest BCUT2D eigenvalue weighted by atomic mass is 9.93. The first-order chi connectivity index (χ1) is 26.5. The average Bonchev–Trinajstić information content (AvgIpc) is 3.55. The largest absolute Gasteiger partial charge is 0.462 e. The van der Waals surface area contributed by atoms with Crippen LogP contribution in [0, 0.1) is 0 Å². The zero-order valence-corrected chi connectivity index (χ0v) is 31.2. The zero-order chi connectivity index (χ0) is 39.0. The molecule has 12 nitrogen and oxygen atoms in total. The summed E-state index contributed by atoms with van der Waals surface area (Å²) in [4.78, 5) is 45.1. The number of piperidine rings is 1. The Labute approximate surface area is 321 Å². The molecule has 2 aromatic heterocycles. The Kier molecular flexibility index (Phi) is 13.1. The first kappa shape index (κ1) is 39.8. The molecule has 1 saturated heterocycles. The first-order valence-corrected chi connectivity index (χ1v) is 19.0. The van der Waals surface area contributed by atoms with Crippen LogP contribution in [0.4, 0.5) is 18.0 Å². The van der Waals surface area contributed by atoms with Gasteiger partial charge in [0.15, 0.2) is 0 Å². The Hall–Kier alpha value is -4.93. The molecular formula is C39H43F3N6O6S. The Morgan fingerprint density at radius 2 is 1.78 bits per heavy atom. The predicted octanol–water partition coefficient (Wildman–Crippen LogP) is 5.28. The average molecular weight is 781 g/mol. The number of aromatic nitrogens is 3. The molecule has 4 aromatic rings. The van der Waals surface area contributed by atoms with Crippen molar-refractivity contribution in [3.8, 4) is 11.3 Å². The third-order valence-electron chi connectivity index (χ3n) is 9.73. The van der Waals surface area contributed by atoms with Crippen molar-refractivity contribution in [1.29, 1.82) is 0 Å². The monoisotopic (exact) mass is 780 g/mol. The van der Waals surface area contributed by atoms with E-state index in [2.05, 4.69) is 19.9 Å². The smallest absolute Gasteiger partial charge is 0.417 e. The molecule has 55 heavy (non-hydrogen) atoms. The molecule has 0 radical (unpaired) electrons. The summed E-state index contributed by atoms with van der Waals surface area (Å²) in [6.07, 6.45) is -2.21. The van der Waals surface area contributed by atoms with Crippen molar-refractivity contribution < 1.29 is 42.1 Å². The Bertz CT molecular complexity index is 1940. The second kappa shape index (κ2) is 18.1. The van der Waals surface area contributed by atoms with Crippen LogP contribution in [0.3, 0.4) is 0 Å². The number of fused-ring (bicyclic) bond motifs is 1. The van der Waals surface area contributed by atoms with E-state index in [1.54, 1.807) is 23.0 Å². The van der Waals surface area contributed by atoms with Gasteiger partial charge in [-0.05, 0) is 55.8 Å². The lowest BCUT2D eigenvalue weighted by molar-refractivity contribution is -0.158. The highest BCUT2D eigenvalue weighted by molar-refractivity contribution is 7.99. The van der Waals surface area contributed by atoms with E-state index >= 15 is 0 Å². The number of hydrogen-bond acceptors (Lipinski definition) is 10. The van der Waals surface area contributed by atoms with Gasteiger partial charge in [0.05, 0.1) is 37.6 Å². The van der Waals surface area contributed by atoms with Crippen LogP contribution in [0.2, 0.25) is 0 Å². The number of alkyl halides is 3. The minimum atomic E-state index is -4.65. The van der Waals surface area contributed by atoms with E-state index < -0.39 is 35.8 Å². The maximum absolute atomic E-state index is 14.2. The van der Waals surface area contributed by atoms with E-state index in [1.807, 2.05) is 36.4 Å².